The van der Waals surface area contributed by atoms with Crippen molar-refractivity contribution in [2.45, 2.75) is 62.6 Å². The van der Waals surface area contributed by atoms with Crippen molar-refractivity contribution in [2.24, 2.45) is 5.92 Å². The van der Waals surface area contributed by atoms with E-state index < -0.39 is 0 Å². The van der Waals surface area contributed by atoms with E-state index in [0.29, 0.717) is 11.8 Å². The molecule has 2 aliphatic carbocycles. The summed E-state index contributed by atoms with van der Waals surface area (Å²) in [5.74, 6) is 0.784. The van der Waals surface area contributed by atoms with Crippen molar-refractivity contribution in [1.29, 1.82) is 0 Å². The fraction of sp³-hybridized carbons (Fsp3) is 0.667. The maximum atomic E-state index is 10.9. The number of aliphatic hydroxyl groups is 1. The molecule has 0 amide bonds. The van der Waals surface area contributed by atoms with Crippen molar-refractivity contribution in [3.8, 4) is 0 Å². The summed E-state index contributed by atoms with van der Waals surface area (Å²) in [5.41, 5.74) is 2.98. The van der Waals surface area contributed by atoms with Gasteiger partial charge in [0.1, 0.15) is 0 Å². The predicted molar refractivity (Wildman–Crippen MR) is 78.8 cm³/mol. The third-order valence-corrected chi connectivity index (χ3v) is 5.87. The number of benzene rings is 1. The fourth-order valence-electron chi connectivity index (χ4n) is 4.55. The third kappa shape index (κ3) is 2.01. The Kier molecular flexibility index (Phi) is 3.12. The minimum atomic E-state index is -0.181. The lowest BCUT2D eigenvalue weighted by atomic mass is 9.69. The molecule has 3 unspecified atom stereocenters. The SMILES string of the molecule is OC(C1CCOC2(CCC2)C1)C1CCc2ccccc21. The molecule has 1 aromatic rings. The van der Waals surface area contributed by atoms with Crippen LogP contribution in [0.25, 0.3) is 0 Å². The zero-order valence-electron chi connectivity index (χ0n) is 12.1. The zero-order valence-corrected chi connectivity index (χ0v) is 12.1. The summed E-state index contributed by atoms with van der Waals surface area (Å²) in [5, 5.41) is 10.9. The van der Waals surface area contributed by atoms with E-state index in [-0.39, 0.29) is 11.7 Å². The van der Waals surface area contributed by atoms with Crippen LogP contribution in [0.4, 0.5) is 0 Å². The van der Waals surface area contributed by atoms with Gasteiger partial charge in [0.25, 0.3) is 0 Å². The van der Waals surface area contributed by atoms with Gasteiger partial charge in [-0.05, 0) is 62.0 Å². The first-order valence-electron chi connectivity index (χ1n) is 8.17. The van der Waals surface area contributed by atoms with Crippen molar-refractivity contribution >= 4 is 0 Å². The highest BCUT2D eigenvalue weighted by Gasteiger charge is 2.45. The first-order chi connectivity index (χ1) is 9.77. The average Bonchev–Trinajstić information content (AvgIpc) is 2.89. The summed E-state index contributed by atoms with van der Waals surface area (Å²) in [6.07, 6.45) is 7.88. The zero-order chi connectivity index (χ0) is 13.6. The maximum Gasteiger partial charge on any atom is 0.0686 e. The molecule has 0 bridgehead atoms. The Hall–Kier alpha value is -0.860. The third-order valence-electron chi connectivity index (χ3n) is 5.87. The number of hydrogen-bond donors (Lipinski definition) is 1. The van der Waals surface area contributed by atoms with Gasteiger partial charge in [-0.25, -0.2) is 0 Å². The highest BCUT2D eigenvalue weighted by molar-refractivity contribution is 5.35. The Bertz CT molecular complexity index is 492. The number of aryl methyl sites for hydroxylation is 1. The molecule has 3 aliphatic rings. The van der Waals surface area contributed by atoms with E-state index in [0.717, 1.165) is 32.3 Å². The van der Waals surface area contributed by atoms with Gasteiger partial charge < -0.3 is 9.84 Å². The highest BCUT2D eigenvalue weighted by Crippen LogP contribution is 2.47. The molecule has 20 heavy (non-hydrogen) atoms. The lowest BCUT2D eigenvalue weighted by Crippen LogP contribution is -2.48. The van der Waals surface area contributed by atoms with Crippen molar-refractivity contribution < 1.29 is 9.84 Å². The quantitative estimate of drug-likeness (QED) is 0.894. The second-order valence-electron chi connectivity index (χ2n) is 6.97. The van der Waals surface area contributed by atoms with Gasteiger partial charge in [0.05, 0.1) is 11.7 Å². The molecule has 1 heterocycles. The summed E-state index contributed by atoms with van der Waals surface area (Å²) in [6.45, 7) is 0.843. The van der Waals surface area contributed by atoms with Crippen LogP contribution in [0.5, 0.6) is 0 Å². The Morgan fingerprint density at radius 2 is 2.05 bits per heavy atom. The van der Waals surface area contributed by atoms with Gasteiger partial charge in [-0.1, -0.05) is 24.3 Å². The van der Waals surface area contributed by atoms with Crippen LogP contribution in [0, 0.1) is 5.92 Å². The molecule has 2 heteroatoms. The summed E-state index contributed by atoms with van der Waals surface area (Å²) >= 11 is 0. The summed E-state index contributed by atoms with van der Waals surface area (Å²) in [4.78, 5) is 0. The van der Waals surface area contributed by atoms with Gasteiger partial charge in [0, 0.05) is 12.5 Å². The van der Waals surface area contributed by atoms with Crippen molar-refractivity contribution in [2.75, 3.05) is 6.61 Å². The molecule has 1 saturated carbocycles. The number of rotatable bonds is 2. The molecule has 0 aromatic heterocycles. The Labute approximate surface area is 121 Å². The second-order valence-corrected chi connectivity index (χ2v) is 6.97. The highest BCUT2D eigenvalue weighted by atomic mass is 16.5. The van der Waals surface area contributed by atoms with Crippen LogP contribution in [0.2, 0.25) is 0 Å². The largest absolute Gasteiger partial charge is 0.392 e. The van der Waals surface area contributed by atoms with Crippen LogP contribution >= 0.6 is 0 Å². The van der Waals surface area contributed by atoms with E-state index in [1.807, 2.05) is 0 Å². The number of fused-ring (bicyclic) bond motifs is 1. The van der Waals surface area contributed by atoms with Crippen molar-refractivity contribution in [1.82, 2.24) is 0 Å². The molecular formula is C18H24O2. The van der Waals surface area contributed by atoms with E-state index in [2.05, 4.69) is 24.3 Å². The molecule has 1 aromatic carbocycles. The number of hydrogen-bond acceptors (Lipinski definition) is 2. The Morgan fingerprint density at radius 1 is 1.20 bits per heavy atom. The molecule has 4 rings (SSSR count). The van der Waals surface area contributed by atoms with Crippen LogP contribution in [-0.4, -0.2) is 23.4 Å². The monoisotopic (exact) mass is 272 g/mol. The van der Waals surface area contributed by atoms with Crippen LogP contribution in [0.1, 0.15) is 55.6 Å². The number of ether oxygens (including phenoxy) is 1. The maximum absolute atomic E-state index is 10.9. The first-order valence-corrected chi connectivity index (χ1v) is 8.17. The minimum Gasteiger partial charge on any atom is -0.392 e. The van der Waals surface area contributed by atoms with Crippen LogP contribution < -0.4 is 0 Å². The van der Waals surface area contributed by atoms with Gasteiger partial charge in [0.2, 0.25) is 0 Å². The van der Waals surface area contributed by atoms with Gasteiger partial charge in [-0.2, -0.15) is 0 Å². The smallest absolute Gasteiger partial charge is 0.0686 e. The Morgan fingerprint density at radius 3 is 2.85 bits per heavy atom. The van der Waals surface area contributed by atoms with Crippen molar-refractivity contribution in [3.63, 3.8) is 0 Å². The van der Waals surface area contributed by atoms with Crippen molar-refractivity contribution in [3.05, 3.63) is 35.4 Å². The molecule has 1 aliphatic heterocycles. The first kappa shape index (κ1) is 12.8. The molecule has 2 nitrogen and oxygen atoms in total. The molecule has 108 valence electrons. The predicted octanol–water partition coefficient (Wildman–Crippen LogP) is 3.43. The molecule has 1 saturated heterocycles. The van der Waals surface area contributed by atoms with Crippen LogP contribution in [-0.2, 0) is 11.2 Å². The van der Waals surface area contributed by atoms with Gasteiger partial charge in [0.15, 0.2) is 0 Å². The fourth-order valence-corrected chi connectivity index (χ4v) is 4.55. The lowest BCUT2D eigenvalue weighted by molar-refractivity contribution is -0.158. The summed E-state index contributed by atoms with van der Waals surface area (Å²) in [7, 11) is 0. The lowest BCUT2D eigenvalue weighted by Gasteiger charge is -2.48. The standard InChI is InChI=1S/C18H24O2/c19-17(14-8-11-20-18(12-14)9-3-10-18)16-7-6-13-4-1-2-5-15(13)16/h1-2,4-5,14,16-17,19H,3,6-12H2. The van der Waals surface area contributed by atoms with Gasteiger partial charge in [-0.3, -0.25) is 0 Å². The number of aliphatic hydroxyl groups excluding tert-OH is 1. The summed E-state index contributed by atoms with van der Waals surface area (Å²) < 4.78 is 6.00. The molecule has 3 atom stereocenters. The average molecular weight is 272 g/mol. The normalized spacial score (nSPS) is 32.6. The van der Waals surface area contributed by atoms with Gasteiger partial charge >= 0.3 is 0 Å². The second kappa shape index (κ2) is 4.85. The molecule has 0 radical (unpaired) electrons. The topological polar surface area (TPSA) is 29.5 Å². The summed E-state index contributed by atoms with van der Waals surface area (Å²) in [6, 6.07) is 8.67. The van der Waals surface area contributed by atoms with E-state index in [9.17, 15) is 5.11 Å². The van der Waals surface area contributed by atoms with Crippen LogP contribution in [0.15, 0.2) is 24.3 Å². The molecule has 1 spiro atoms. The van der Waals surface area contributed by atoms with Crippen LogP contribution in [0.3, 0.4) is 0 Å². The Balaban J connectivity index is 1.51. The molecule has 1 N–H and O–H groups in total. The van der Waals surface area contributed by atoms with Gasteiger partial charge in [-0.15, -0.1) is 0 Å². The van der Waals surface area contributed by atoms with E-state index in [4.69, 9.17) is 4.74 Å². The van der Waals surface area contributed by atoms with E-state index in [1.54, 1.807) is 0 Å². The molecule has 2 fully saturated rings. The molecular weight excluding hydrogens is 248 g/mol. The van der Waals surface area contributed by atoms with E-state index >= 15 is 0 Å². The minimum absolute atomic E-state index is 0.141. The van der Waals surface area contributed by atoms with E-state index in [1.165, 1.54) is 30.4 Å².